The number of imidazole rings is 1. The van der Waals surface area contributed by atoms with Crippen LogP contribution < -0.4 is 11.0 Å². The molecule has 1 heterocycles. The van der Waals surface area contributed by atoms with Crippen LogP contribution in [0, 0.1) is 5.41 Å². The molecule has 0 bridgehead atoms. The second-order valence-corrected chi connectivity index (χ2v) is 6.52. The maximum atomic E-state index is 12.5. The van der Waals surface area contributed by atoms with E-state index in [9.17, 15) is 9.59 Å². The number of nitrogens with one attached hydrogen (secondary N) is 1. The second-order valence-electron chi connectivity index (χ2n) is 6.52. The number of rotatable bonds is 7. The third-order valence-electron chi connectivity index (χ3n) is 4.10. The molecular weight excluding hydrogens is 294 g/mol. The molecule has 1 aromatic carbocycles. The van der Waals surface area contributed by atoms with Crippen molar-refractivity contribution in [3.05, 3.63) is 34.7 Å². The molecule has 0 unspecified atom stereocenters. The predicted molar refractivity (Wildman–Crippen MR) is 90.4 cm³/mol. The summed E-state index contributed by atoms with van der Waals surface area (Å²) in [5, 5.41) is 11.9. The van der Waals surface area contributed by atoms with E-state index in [1.165, 1.54) is 4.57 Å². The Morgan fingerprint density at radius 3 is 2.39 bits per heavy atom. The first-order valence-corrected chi connectivity index (χ1v) is 7.95. The first-order valence-electron chi connectivity index (χ1n) is 7.95. The van der Waals surface area contributed by atoms with E-state index in [0.717, 1.165) is 11.0 Å². The molecule has 2 aromatic rings. The van der Waals surface area contributed by atoms with Crippen molar-refractivity contribution in [3.8, 4) is 0 Å². The zero-order chi connectivity index (χ0) is 17.0. The Balaban J connectivity index is 2.17. The van der Waals surface area contributed by atoms with E-state index >= 15 is 0 Å². The second kappa shape index (κ2) is 7.00. The number of amides is 1. The van der Waals surface area contributed by atoms with Gasteiger partial charge in [-0.3, -0.25) is 13.9 Å². The quantitative estimate of drug-likeness (QED) is 0.809. The van der Waals surface area contributed by atoms with Crippen molar-refractivity contribution < 1.29 is 9.90 Å². The first kappa shape index (κ1) is 17.3. The molecule has 6 nitrogen and oxygen atoms in total. The largest absolute Gasteiger partial charge is 0.396 e. The van der Waals surface area contributed by atoms with Crippen LogP contribution >= 0.6 is 0 Å². The van der Waals surface area contributed by atoms with E-state index < -0.39 is 0 Å². The lowest BCUT2D eigenvalue weighted by Crippen LogP contribution is -2.38. The number of carbonyl (C=O) groups is 1. The molecule has 0 aliphatic rings. The van der Waals surface area contributed by atoms with Gasteiger partial charge in [-0.2, -0.15) is 0 Å². The number of nitrogens with zero attached hydrogens (tertiary/aromatic N) is 2. The van der Waals surface area contributed by atoms with E-state index in [-0.39, 0.29) is 30.2 Å². The van der Waals surface area contributed by atoms with Crippen LogP contribution in [0.4, 0.5) is 0 Å². The number of aromatic nitrogens is 2. The van der Waals surface area contributed by atoms with Gasteiger partial charge in [0.1, 0.15) is 6.54 Å². The zero-order valence-corrected chi connectivity index (χ0v) is 14.0. The number of carbonyl (C=O) groups excluding carboxylic acids is 1. The van der Waals surface area contributed by atoms with Gasteiger partial charge in [-0.25, -0.2) is 4.79 Å². The molecule has 0 spiro atoms. The number of aryl methyl sites for hydroxylation is 1. The van der Waals surface area contributed by atoms with Gasteiger partial charge in [-0.05, 0) is 30.9 Å². The van der Waals surface area contributed by atoms with Crippen molar-refractivity contribution in [2.45, 2.75) is 40.3 Å². The van der Waals surface area contributed by atoms with Gasteiger partial charge >= 0.3 is 5.69 Å². The Morgan fingerprint density at radius 2 is 1.83 bits per heavy atom. The summed E-state index contributed by atoms with van der Waals surface area (Å²) < 4.78 is 3.17. The maximum Gasteiger partial charge on any atom is 0.329 e. The van der Waals surface area contributed by atoms with Crippen LogP contribution in [0.25, 0.3) is 11.0 Å². The van der Waals surface area contributed by atoms with Crippen LogP contribution in [-0.2, 0) is 17.9 Å². The highest BCUT2D eigenvalue weighted by Gasteiger charge is 2.19. The summed E-state index contributed by atoms with van der Waals surface area (Å²) in [5.41, 5.74) is 1.27. The molecule has 0 fully saturated rings. The number of benzene rings is 1. The average molecular weight is 319 g/mol. The molecule has 0 saturated carbocycles. The topological polar surface area (TPSA) is 76.3 Å². The molecule has 1 aromatic heterocycles. The molecule has 23 heavy (non-hydrogen) atoms. The average Bonchev–Trinajstić information content (AvgIpc) is 2.77. The van der Waals surface area contributed by atoms with Crippen molar-refractivity contribution in [1.29, 1.82) is 0 Å². The SMILES string of the molecule is CCn1c(=O)n(CC(=O)NCC(C)(C)CCO)c2ccccc21. The minimum absolute atomic E-state index is 0.00154. The molecule has 1 amide bonds. The Labute approximate surface area is 135 Å². The van der Waals surface area contributed by atoms with Crippen molar-refractivity contribution in [1.82, 2.24) is 14.5 Å². The van der Waals surface area contributed by atoms with E-state index in [1.54, 1.807) is 4.57 Å². The highest BCUT2D eigenvalue weighted by molar-refractivity contribution is 5.80. The van der Waals surface area contributed by atoms with E-state index in [0.29, 0.717) is 19.5 Å². The Bertz CT molecular complexity index is 743. The summed E-state index contributed by atoms with van der Waals surface area (Å²) in [6.07, 6.45) is 0.613. The number of hydrogen-bond donors (Lipinski definition) is 2. The number of fused-ring (bicyclic) bond motifs is 1. The summed E-state index contributed by atoms with van der Waals surface area (Å²) in [4.78, 5) is 24.7. The van der Waals surface area contributed by atoms with Gasteiger partial charge in [-0.1, -0.05) is 26.0 Å². The third-order valence-corrected chi connectivity index (χ3v) is 4.10. The minimum atomic E-state index is -0.197. The molecule has 0 saturated heterocycles. The molecule has 126 valence electrons. The van der Waals surface area contributed by atoms with Crippen LogP contribution in [-0.4, -0.2) is 33.3 Å². The number of para-hydroxylation sites is 2. The van der Waals surface area contributed by atoms with Crippen LogP contribution in [0.3, 0.4) is 0 Å². The van der Waals surface area contributed by atoms with Gasteiger partial charge in [0.25, 0.3) is 0 Å². The van der Waals surface area contributed by atoms with Crippen LogP contribution in [0.15, 0.2) is 29.1 Å². The fraction of sp³-hybridized carbons (Fsp3) is 0.529. The van der Waals surface area contributed by atoms with Crippen molar-refractivity contribution in [2.24, 2.45) is 5.41 Å². The standard InChI is InChI=1S/C17H25N3O3/c1-4-19-13-7-5-6-8-14(13)20(16(19)23)11-15(22)18-12-17(2,3)9-10-21/h5-8,21H,4,9-12H2,1-3H3,(H,18,22). The van der Waals surface area contributed by atoms with E-state index in [2.05, 4.69) is 5.32 Å². The number of aliphatic hydroxyl groups excluding tert-OH is 1. The van der Waals surface area contributed by atoms with Crippen LogP contribution in [0.1, 0.15) is 27.2 Å². The highest BCUT2D eigenvalue weighted by atomic mass is 16.3. The smallest absolute Gasteiger partial charge is 0.329 e. The summed E-state index contributed by atoms with van der Waals surface area (Å²) in [5.74, 6) is -0.197. The molecule has 0 aliphatic carbocycles. The van der Waals surface area contributed by atoms with Crippen molar-refractivity contribution in [3.63, 3.8) is 0 Å². The normalized spacial score (nSPS) is 11.8. The van der Waals surface area contributed by atoms with Gasteiger partial charge in [0.2, 0.25) is 5.91 Å². The van der Waals surface area contributed by atoms with Gasteiger partial charge in [0.15, 0.2) is 0 Å². The number of aliphatic hydroxyl groups is 1. The Morgan fingerprint density at radius 1 is 1.22 bits per heavy atom. The molecule has 2 rings (SSSR count). The van der Waals surface area contributed by atoms with E-state index in [1.807, 2.05) is 45.0 Å². The highest BCUT2D eigenvalue weighted by Crippen LogP contribution is 2.18. The zero-order valence-electron chi connectivity index (χ0n) is 14.0. The fourth-order valence-corrected chi connectivity index (χ4v) is 2.66. The number of hydrogen-bond acceptors (Lipinski definition) is 3. The summed E-state index contributed by atoms with van der Waals surface area (Å²) in [6, 6.07) is 7.49. The summed E-state index contributed by atoms with van der Waals surface area (Å²) >= 11 is 0. The first-order chi connectivity index (χ1) is 10.9. The Hall–Kier alpha value is -2.08. The van der Waals surface area contributed by atoms with Crippen molar-refractivity contribution in [2.75, 3.05) is 13.2 Å². The molecule has 0 atom stereocenters. The van der Waals surface area contributed by atoms with E-state index in [4.69, 9.17) is 5.11 Å². The molecule has 0 radical (unpaired) electrons. The summed E-state index contributed by atoms with van der Waals surface area (Å²) in [6.45, 7) is 7.01. The fourth-order valence-electron chi connectivity index (χ4n) is 2.66. The van der Waals surface area contributed by atoms with Crippen LogP contribution in [0.5, 0.6) is 0 Å². The Kier molecular flexibility index (Phi) is 5.26. The molecule has 6 heteroatoms. The van der Waals surface area contributed by atoms with Crippen molar-refractivity contribution >= 4 is 16.9 Å². The molecule has 0 aliphatic heterocycles. The lowest BCUT2D eigenvalue weighted by atomic mass is 9.90. The maximum absolute atomic E-state index is 12.5. The van der Waals surface area contributed by atoms with Gasteiger partial charge in [0.05, 0.1) is 11.0 Å². The van der Waals surface area contributed by atoms with Crippen LogP contribution in [0.2, 0.25) is 0 Å². The lowest BCUT2D eigenvalue weighted by Gasteiger charge is -2.23. The van der Waals surface area contributed by atoms with Gasteiger partial charge in [-0.15, -0.1) is 0 Å². The van der Waals surface area contributed by atoms with Gasteiger partial charge in [0, 0.05) is 19.7 Å². The third kappa shape index (κ3) is 3.82. The molecule has 2 N–H and O–H groups in total. The summed E-state index contributed by atoms with van der Waals surface area (Å²) in [7, 11) is 0. The van der Waals surface area contributed by atoms with Gasteiger partial charge < -0.3 is 10.4 Å². The lowest BCUT2D eigenvalue weighted by molar-refractivity contribution is -0.122. The monoisotopic (exact) mass is 319 g/mol. The predicted octanol–water partition coefficient (Wildman–Crippen LogP) is 1.35. The molecular formula is C17H25N3O3. The minimum Gasteiger partial charge on any atom is -0.396 e.